The van der Waals surface area contributed by atoms with Crippen LogP contribution in [-0.2, 0) is 0 Å². The average Bonchev–Trinajstić information content (AvgIpc) is 2.05. The largest absolute Gasteiger partial charge is 0.324 e. The van der Waals surface area contributed by atoms with Gasteiger partial charge >= 0.3 is 0 Å². The summed E-state index contributed by atoms with van der Waals surface area (Å²) in [6.45, 7) is 14.3. The normalized spacial score (nSPS) is 15.4. The van der Waals surface area contributed by atoms with Crippen LogP contribution in [0.3, 0.4) is 0 Å². The third kappa shape index (κ3) is 5.61. The van der Waals surface area contributed by atoms with E-state index < -0.39 is 0 Å². The van der Waals surface area contributed by atoms with Gasteiger partial charge in [0.25, 0.3) is 0 Å². The van der Waals surface area contributed by atoms with Crippen molar-refractivity contribution in [2.45, 2.75) is 25.8 Å². The van der Waals surface area contributed by atoms with Gasteiger partial charge in [-0.3, -0.25) is 4.90 Å². The van der Waals surface area contributed by atoms with Gasteiger partial charge in [0.1, 0.15) is 0 Å². The maximum Gasteiger partial charge on any atom is 0.0252 e. The van der Waals surface area contributed by atoms with Crippen LogP contribution in [0.25, 0.3) is 0 Å². The molecule has 0 saturated heterocycles. The van der Waals surface area contributed by atoms with Crippen molar-refractivity contribution < 1.29 is 0 Å². The maximum atomic E-state index is 6.07. The number of hydrogen-bond acceptors (Lipinski definition) is 2. The molecule has 0 radical (unpaired) electrons. The molecule has 0 saturated carbocycles. The van der Waals surface area contributed by atoms with Gasteiger partial charge in [0.05, 0.1) is 0 Å². The van der Waals surface area contributed by atoms with E-state index in [1.807, 2.05) is 12.2 Å². The summed E-state index contributed by atoms with van der Waals surface area (Å²) in [5.41, 5.74) is 5.96. The molecule has 0 fully saturated rings. The number of nitrogens with two attached hydrogens (primary N) is 1. The van der Waals surface area contributed by atoms with Crippen molar-refractivity contribution in [2.24, 2.45) is 5.73 Å². The highest BCUT2D eigenvalue weighted by Crippen LogP contribution is 2.07. The third-order valence-electron chi connectivity index (χ3n) is 2.17. The van der Waals surface area contributed by atoms with E-state index in [1.165, 1.54) is 0 Å². The number of rotatable bonds is 7. The summed E-state index contributed by atoms with van der Waals surface area (Å²) < 4.78 is 0. The summed E-state index contributed by atoms with van der Waals surface area (Å²) in [6, 6.07) is 0. The maximum absolute atomic E-state index is 6.07. The van der Waals surface area contributed by atoms with E-state index >= 15 is 0 Å². The minimum atomic E-state index is -0.105. The van der Waals surface area contributed by atoms with E-state index in [1.54, 1.807) is 0 Å². The monoisotopic (exact) mass is 182 g/mol. The predicted octanol–water partition coefficient (Wildman–Crippen LogP) is 1.79. The molecule has 1 atom stereocenters. The van der Waals surface area contributed by atoms with Crippen LogP contribution in [-0.4, -0.2) is 30.1 Å². The second-order valence-corrected chi connectivity index (χ2v) is 3.78. The van der Waals surface area contributed by atoms with Crippen molar-refractivity contribution in [3.05, 3.63) is 25.3 Å². The van der Waals surface area contributed by atoms with Crippen molar-refractivity contribution in [1.29, 1.82) is 0 Å². The van der Waals surface area contributed by atoms with Crippen molar-refractivity contribution in [3.63, 3.8) is 0 Å². The van der Waals surface area contributed by atoms with Gasteiger partial charge in [0.2, 0.25) is 0 Å². The molecule has 0 rings (SSSR count). The molecule has 2 nitrogen and oxygen atoms in total. The van der Waals surface area contributed by atoms with E-state index in [2.05, 4.69) is 31.9 Å². The standard InChI is InChI=1S/C11H22N2/c1-5-8-13(9-6-2)10-11(4,12)7-3/h5-6H,1-2,7-10,12H2,3-4H3. The summed E-state index contributed by atoms with van der Waals surface area (Å²) in [5, 5.41) is 0. The Labute approximate surface area is 82.1 Å². The fourth-order valence-corrected chi connectivity index (χ4v) is 1.19. The second kappa shape index (κ2) is 5.95. The molecular formula is C11H22N2. The topological polar surface area (TPSA) is 29.3 Å². The van der Waals surface area contributed by atoms with Crippen LogP contribution in [0, 0.1) is 0 Å². The molecule has 2 N–H and O–H groups in total. The molecule has 0 aliphatic carbocycles. The van der Waals surface area contributed by atoms with E-state index in [0.717, 1.165) is 26.1 Å². The smallest absolute Gasteiger partial charge is 0.0252 e. The van der Waals surface area contributed by atoms with Crippen molar-refractivity contribution >= 4 is 0 Å². The lowest BCUT2D eigenvalue weighted by Crippen LogP contribution is -2.47. The van der Waals surface area contributed by atoms with Gasteiger partial charge in [-0.1, -0.05) is 19.1 Å². The quantitative estimate of drug-likeness (QED) is 0.608. The van der Waals surface area contributed by atoms with Gasteiger partial charge in [0, 0.05) is 25.2 Å². The molecule has 0 aromatic heterocycles. The molecule has 0 aromatic carbocycles. The lowest BCUT2D eigenvalue weighted by Gasteiger charge is -2.30. The lowest BCUT2D eigenvalue weighted by atomic mass is 10.00. The van der Waals surface area contributed by atoms with E-state index in [9.17, 15) is 0 Å². The second-order valence-electron chi connectivity index (χ2n) is 3.78. The summed E-state index contributed by atoms with van der Waals surface area (Å²) in [4.78, 5) is 2.24. The fraction of sp³-hybridized carbons (Fsp3) is 0.636. The third-order valence-corrected chi connectivity index (χ3v) is 2.17. The van der Waals surface area contributed by atoms with Crippen LogP contribution < -0.4 is 5.73 Å². The molecule has 13 heavy (non-hydrogen) atoms. The highest BCUT2D eigenvalue weighted by molar-refractivity contribution is 4.87. The zero-order valence-electron chi connectivity index (χ0n) is 8.92. The zero-order valence-corrected chi connectivity index (χ0v) is 8.92. The van der Waals surface area contributed by atoms with Crippen LogP contribution in [0.5, 0.6) is 0 Å². The fourth-order valence-electron chi connectivity index (χ4n) is 1.19. The summed E-state index contributed by atoms with van der Waals surface area (Å²) in [7, 11) is 0. The average molecular weight is 182 g/mol. The van der Waals surface area contributed by atoms with Gasteiger partial charge < -0.3 is 5.73 Å². The Morgan fingerprint density at radius 2 is 1.77 bits per heavy atom. The van der Waals surface area contributed by atoms with Gasteiger partial charge in [-0.05, 0) is 13.3 Å². The van der Waals surface area contributed by atoms with Crippen molar-refractivity contribution in [3.8, 4) is 0 Å². The van der Waals surface area contributed by atoms with E-state index in [0.29, 0.717) is 0 Å². The zero-order chi connectivity index (χ0) is 10.3. The highest BCUT2D eigenvalue weighted by atomic mass is 15.1. The van der Waals surface area contributed by atoms with Crippen molar-refractivity contribution in [2.75, 3.05) is 19.6 Å². The molecule has 0 aromatic rings. The Morgan fingerprint density at radius 3 is 2.08 bits per heavy atom. The first-order chi connectivity index (χ1) is 6.05. The van der Waals surface area contributed by atoms with Crippen LogP contribution >= 0.6 is 0 Å². The van der Waals surface area contributed by atoms with Gasteiger partial charge in [-0.25, -0.2) is 0 Å². The minimum Gasteiger partial charge on any atom is -0.324 e. The van der Waals surface area contributed by atoms with Crippen LogP contribution in [0.4, 0.5) is 0 Å². The molecule has 1 unspecified atom stereocenters. The Kier molecular flexibility index (Phi) is 5.67. The molecule has 2 heteroatoms. The lowest BCUT2D eigenvalue weighted by molar-refractivity contribution is 0.252. The van der Waals surface area contributed by atoms with Crippen LogP contribution in [0.1, 0.15) is 20.3 Å². The molecule has 0 spiro atoms. The number of nitrogens with zero attached hydrogens (tertiary/aromatic N) is 1. The SMILES string of the molecule is C=CCN(CC=C)CC(C)(N)CC. The van der Waals surface area contributed by atoms with E-state index in [-0.39, 0.29) is 5.54 Å². The summed E-state index contributed by atoms with van der Waals surface area (Å²) in [5.74, 6) is 0. The Bertz CT molecular complexity index is 151. The molecule has 76 valence electrons. The molecule has 0 aliphatic heterocycles. The summed E-state index contributed by atoms with van der Waals surface area (Å²) >= 11 is 0. The number of hydrogen-bond donors (Lipinski definition) is 1. The molecule has 0 bridgehead atoms. The molecule has 0 amide bonds. The first kappa shape index (κ1) is 12.4. The van der Waals surface area contributed by atoms with Crippen LogP contribution in [0.15, 0.2) is 25.3 Å². The van der Waals surface area contributed by atoms with Gasteiger partial charge in [-0.2, -0.15) is 0 Å². The van der Waals surface area contributed by atoms with Gasteiger partial charge in [-0.15, -0.1) is 13.2 Å². The van der Waals surface area contributed by atoms with Crippen LogP contribution in [0.2, 0.25) is 0 Å². The first-order valence-electron chi connectivity index (χ1n) is 4.78. The molecule has 0 heterocycles. The molecular weight excluding hydrogens is 160 g/mol. The highest BCUT2D eigenvalue weighted by Gasteiger charge is 2.18. The van der Waals surface area contributed by atoms with Crippen molar-refractivity contribution in [1.82, 2.24) is 4.90 Å². The summed E-state index contributed by atoms with van der Waals surface area (Å²) in [6.07, 6.45) is 4.78. The van der Waals surface area contributed by atoms with E-state index in [4.69, 9.17) is 5.73 Å². The predicted molar refractivity (Wildman–Crippen MR) is 59.7 cm³/mol. The first-order valence-corrected chi connectivity index (χ1v) is 4.78. The Morgan fingerprint density at radius 1 is 1.31 bits per heavy atom. The molecule has 0 aliphatic rings. The Balaban J connectivity index is 4.06. The van der Waals surface area contributed by atoms with Gasteiger partial charge in [0.15, 0.2) is 0 Å². The minimum absolute atomic E-state index is 0.105. The Hall–Kier alpha value is -0.600.